The number of thioether (sulfide) groups is 1. The number of para-hydroxylation sites is 1. The second-order valence-electron chi connectivity index (χ2n) is 8.43. The second-order valence-corrected chi connectivity index (χ2v) is 10.1. The van der Waals surface area contributed by atoms with E-state index in [4.69, 9.17) is 21.7 Å². The zero-order valence-corrected chi connectivity index (χ0v) is 22.5. The molecule has 0 spiro atoms. The first-order chi connectivity index (χ1) is 17.9. The van der Waals surface area contributed by atoms with Crippen molar-refractivity contribution >= 4 is 51.9 Å². The molecule has 1 atom stereocenters. The molecular formula is C29H28N2O4S2. The molecule has 1 aliphatic rings. The van der Waals surface area contributed by atoms with Crippen LogP contribution in [0.1, 0.15) is 36.6 Å². The molecule has 1 heterocycles. The average molecular weight is 533 g/mol. The molecule has 1 aliphatic heterocycles. The molecule has 8 heteroatoms. The van der Waals surface area contributed by atoms with Crippen molar-refractivity contribution in [2.75, 3.05) is 18.5 Å². The van der Waals surface area contributed by atoms with Crippen LogP contribution in [0.3, 0.4) is 0 Å². The normalized spacial score (nSPS) is 15.1. The van der Waals surface area contributed by atoms with Gasteiger partial charge in [-0.05, 0) is 61.7 Å². The second kappa shape index (κ2) is 12.1. The number of thiocarbonyl (C=S) groups is 1. The largest absolute Gasteiger partial charge is 0.490 e. The molecule has 37 heavy (non-hydrogen) atoms. The van der Waals surface area contributed by atoms with Gasteiger partial charge in [0.2, 0.25) is 0 Å². The van der Waals surface area contributed by atoms with Crippen LogP contribution in [0, 0.1) is 6.92 Å². The van der Waals surface area contributed by atoms with Crippen LogP contribution in [0.5, 0.6) is 11.5 Å². The maximum atomic E-state index is 13.2. The Balaban J connectivity index is 1.47. The average Bonchev–Trinajstić information content (AvgIpc) is 3.17. The van der Waals surface area contributed by atoms with Crippen LogP contribution in [0.25, 0.3) is 6.08 Å². The van der Waals surface area contributed by atoms with Gasteiger partial charge in [0.1, 0.15) is 4.32 Å². The Morgan fingerprint density at radius 1 is 1.05 bits per heavy atom. The Morgan fingerprint density at radius 2 is 1.78 bits per heavy atom. The van der Waals surface area contributed by atoms with E-state index in [-0.39, 0.29) is 24.5 Å². The van der Waals surface area contributed by atoms with Gasteiger partial charge < -0.3 is 14.8 Å². The van der Waals surface area contributed by atoms with Crippen molar-refractivity contribution in [2.45, 2.75) is 26.8 Å². The number of nitrogens with one attached hydrogen (secondary N) is 1. The molecule has 3 aromatic rings. The summed E-state index contributed by atoms with van der Waals surface area (Å²) in [5.41, 5.74) is 3.51. The smallest absolute Gasteiger partial charge is 0.266 e. The molecule has 0 aromatic heterocycles. The lowest BCUT2D eigenvalue weighted by Crippen LogP contribution is -2.30. The molecule has 0 radical (unpaired) electrons. The van der Waals surface area contributed by atoms with Crippen molar-refractivity contribution in [1.82, 2.24) is 4.90 Å². The molecular weight excluding hydrogens is 504 g/mol. The van der Waals surface area contributed by atoms with Gasteiger partial charge in [0.05, 0.1) is 17.6 Å². The van der Waals surface area contributed by atoms with Crippen LogP contribution in [0.4, 0.5) is 5.69 Å². The number of aryl methyl sites for hydroxylation is 1. The lowest BCUT2D eigenvalue weighted by molar-refractivity contribution is -0.123. The number of carbonyl (C=O) groups excluding carboxylic acids is 2. The first-order valence-electron chi connectivity index (χ1n) is 11.9. The highest BCUT2D eigenvalue weighted by Gasteiger charge is 2.35. The van der Waals surface area contributed by atoms with E-state index in [0.29, 0.717) is 27.3 Å². The fraction of sp³-hybridized carbons (Fsp3) is 0.207. The monoisotopic (exact) mass is 532 g/mol. The molecule has 0 unspecified atom stereocenters. The first kappa shape index (κ1) is 26.4. The van der Waals surface area contributed by atoms with Crippen molar-refractivity contribution in [1.29, 1.82) is 0 Å². The molecule has 3 aromatic carbocycles. The number of rotatable bonds is 9. The summed E-state index contributed by atoms with van der Waals surface area (Å²) in [6, 6.07) is 22.6. The predicted octanol–water partition coefficient (Wildman–Crippen LogP) is 6.37. The number of carbonyl (C=O) groups is 2. The molecule has 190 valence electrons. The number of amides is 2. The lowest BCUT2D eigenvalue weighted by atomic mass is 10.1. The molecule has 2 amide bonds. The van der Waals surface area contributed by atoms with Crippen molar-refractivity contribution in [2.24, 2.45) is 0 Å². The van der Waals surface area contributed by atoms with Crippen molar-refractivity contribution in [3.05, 3.63) is 94.4 Å². The van der Waals surface area contributed by atoms with Crippen molar-refractivity contribution in [3.63, 3.8) is 0 Å². The van der Waals surface area contributed by atoms with E-state index in [1.165, 1.54) is 11.8 Å². The van der Waals surface area contributed by atoms with Crippen LogP contribution < -0.4 is 14.8 Å². The maximum absolute atomic E-state index is 13.2. The zero-order chi connectivity index (χ0) is 26.4. The molecule has 1 N–H and O–H groups in total. The minimum absolute atomic E-state index is 0.127. The lowest BCUT2D eigenvalue weighted by Gasteiger charge is -2.23. The van der Waals surface area contributed by atoms with Gasteiger partial charge in [-0.1, -0.05) is 78.6 Å². The molecule has 6 nitrogen and oxygen atoms in total. The van der Waals surface area contributed by atoms with Crippen LogP contribution in [0.2, 0.25) is 0 Å². The Morgan fingerprint density at radius 3 is 2.51 bits per heavy atom. The Kier molecular flexibility index (Phi) is 8.63. The summed E-state index contributed by atoms with van der Waals surface area (Å²) in [5.74, 6) is 0.548. The number of anilines is 1. The van der Waals surface area contributed by atoms with E-state index in [1.54, 1.807) is 23.1 Å². The summed E-state index contributed by atoms with van der Waals surface area (Å²) in [7, 11) is 0. The summed E-state index contributed by atoms with van der Waals surface area (Å²) in [4.78, 5) is 27.8. The van der Waals surface area contributed by atoms with E-state index in [9.17, 15) is 9.59 Å². The fourth-order valence-electron chi connectivity index (χ4n) is 3.89. The van der Waals surface area contributed by atoms with E-state index in [0.717, 1.165) is 22.4 Å². The summed E-state index contributed by atoms with van der Waals surface area (Å²) in [6.07, 6.45) is 1.80. The van der Waals surface area contributed by atoms with Gasteiger partial charge in [0, 0.05) is 5.69 Å². The number of nitrogens with zero attached hydrogens (tertiary/aromatic N) is 1. The summed E-state index contributed by atoms with van der Waals surface area (Å²) < 4.78 is 12.1. The van der Waals surface area contributed by atoms with Crippen LogP contribution in [-0.4, -0.2) is 34.2 Å². The van der Waals surface area contributed by atoms with Gasteiger partial charge in [0.25, 0.3) is 11.8 Å². The molecule has 0 saturated carbocycles. The minimum Gasteiger partial charge on any atom is -0.490 e. The van der Waals surface area contributed by atoms with E-state index < -0.39 is 0 Å². The highest BCUT2D eigenvalue weighted by molar-refractivity contribution is 8.26. The van der Waals surface area contributed by atoms with Gasteiger partial charge in [0.15, 0.2) is 18.1 Å². The van der Waals surface area contributed by atoms with E-state index in [1.807, 2.05) is 81.4 Å². The molecule has 0 bridgehead atoms. The molecule has 4 rings (SSSR count). The quantitative estimate of drug-likeness (QED) is 0.255. The highest BCUT2D eigenvalue weighted by atomic mass is 32.2. The first-order valence-corrected chi connectivity index (χ1v) is 13.2. The zero-order valence-electron chi connectivity index (χ0n) is 20.9. The van der Waals surface area contributed by atoms with Crippen LogP contribution in [0.15, 0.2) is 77.7 Å². The molecule has 1 saturated heterocycles. The van der Waals surface area contributed by atoms with Gasteiger partial charge in [-0.25, -0.2) is 0 Å². The number of hydrogen-bond acceptors (Lipinski definition) is 6. The van der Waals surface area contributed by atoms with Gasteiger partial charge in [-0.15, -0.1) is 0 Å². The summed E-state index contributed by atoms with van der Waals surface area (Å²) in [6.45, 7) is 6.03. The predicted molar refractivity (Wildman–Crippen MR) is 153 cm³/mol. The topological polar surface area (TPSA) is 67.9 Å². The number of benzene rings is 3. The maximum Gasteiger partial charge on any atom is 0.266 e. The third-order valence-electron chi connectivity index (χ3n) is 5.84. The summed E-state index contributed by atoms with van der Waals surface area (Å²) >= 11 is 6.82. The van der Waals surface area contributed by atoms with E-state index in [2.05, 4.69) is 5.32 Å². The van der Waals surface area contributed by atoms with Gasteiger partial charge >= 0.3 is 0 Å². The fourth-order valence-corrected chi connectivity index (χ4v) is 5.31. The Bertz CT molecular complexity index is 1340. The van der Waals surface area contributed by atoms with Crippen LogP contribution >= 0.6 is 24.0 Å². The number of hydrogen-bond donors (Lipinski definition) is 1. The third-order valence-corrected chi connectivity index (χ3v) is 7.17. The Labute approximate surface area is 226 Å². The minimum atomic E-state index is -0.267. The number of ether oxygens (including phenoxy) is 2. The van der Waals surface area contributed by atoms with Crippen molar-refractivity contribution < 1.29 is 19.1 Å². The molecule has 0 aliphatic carbocycles. The molecule has 1 fully saturated rings. The SMILES string of the molecule is CCOc1cc(/C=C2\SC(=S)N([C@@H](C)c3ccccc3)C2=O)ccc1OCC(=O)Nc1ccccc1C. The highest BCUT2D eigenvalue weighted by Crippen LogP contribution is 2.39. The standard InChI is InChI=1S/C29H28N2O4S2/c1-4-34-25-16-21(14-15-24(25)35-18-27(32)30-23-13-9-8-10-19(23)2)17-26-28(33)31(29(36)37-26)20(3)22-11-6-5-7-12-22/h5-17,20H,4,18H2,1-3H3,(H,30,32)/b26-17-/t20-/m0/s1. The van der Waals surface area contributed by atoms with Gasteiger partial charge in [-0.3, -0.25) is 14.5 Å². The Hall–Kier alpha value is -3.62. The van der Waals surface area contributed by atoms with Crippen LogP contribution in [-0.2, 0) is 9.59 Å². The third kappa shape index (κ3) is 6.39. The summed E-state index contributed by atoms with van der Waals surface area (Å²) in [5, 5.41) is 2.85. The van der Waals surface area contributed by atoms with Gasteiger partial charge in [-0.2, -0.15) is 0 Å². The van der Waals surface area contributed by atoms with E-state index >= 15 is 0 Å². The van der Waals surface area contributed by atoms with Crippen molar-refractivity contribution in [3.8, 4) is 11.5 Å².